The third-order valence-corrected chi connectivity index (χ3v) is 2.20. The maximum Gasteiger partial charge on any atom is 0.150 e. The number of carbonyl (C=O) groups is 1. The lowest BCUT2D eigenvalue weighted by Crippen LogP contribution is -1.89. The molecule has 0 bridgehead atoms. The minimum Gasteiger partial charge on any atom is -0.298 e. The zero-order valence-electron chi connectivity index (χ0n) is 8.88. The first kappa shape index (κ1) is 11.1. The fourth-order valence-electron chi connectivity index (χ4n) is 1.38. The van der Waals surface area contributed by atoms with Gasteiger partial charge in [-0.3, -0.25) is 4.79 Å². The van der Waals surface area contributed by atoms with E-state index in [1.807, 2.05) is 0 Å². The molecule has 0 aliphatic rings. The summed E-state index contributed by atoms with van der Waals surface area (Å²) in [6.45, 7) is 0. The van der Waals surface area contributed by atoms with Gasteiger partial charge in [-0.05, 0) is 35.9 Å². The Kier molecular flexibility index (Phi) is 3.35. The fraction of sp³-hybridized carbons (Fsp3) is 0. The van der Waals surface area contributed by atoms with Gasteiger partial charge in [0, 0.05) is 11.8 Å². The first-order valence-corrected chi connectivity index (χ1v) is 5.00. The Balaban J connectivity index is 2.37. The largest absolute Gasteiger partial charge is 0.298 e. The summed E-state index contributed by atoms with van der Waals surface area (Å²) in [6.07, 6.45) is 3.87. The normalized spacial score (nSPS) is 11.2. The second-order valence-corrected chi connectivity index (χ2v) is 3.37. The molecule has 0 saturated carbocycles. The molecule has 2 aromatic rings. The van der Waals surface area contributed by atoms with Gasteiger partial charge in [0.2, 0.25) is 0 Å². The molecule has 84 valence electrons. The van der Waals surface area contributed by atoms with Gasteiger partial charge < -0.3 is 0 Å². The van der Waals surface area contributed by atoms with E-state index in [4.69, 9.17) is 0 Å². The molecule has 0 radical (unpaired) electrons. The van der Waals surface area contributed by atoms with E-state index in [0.29, 0.717) is 23.1 Å². The van der Waals surface area contributed by atoms with E-state index in [1.54, 1.807) is 36.5 Å². The summed E-state index contributed by atoms with van der Waals surface area (Å²) in [5.74, 6) is -0.335. The number of halogens is 1. The quantitative estimate of drug-likeness (QED) is 0.598. The van der Waals surface area contributed by atoms with E-state index in [-0.39, 0.29) is 5.82 Å². The summed E-state index contributed by atoms with van der Waals surface area (Å²) in [4.78, 5) is 11.0. The van der Waals surface area contributed by atoms with Crippen LogP contribution in [0.4, 0.5) is 4.39 Å². The number of nitrogens with zero attached hydrogens (tertiary/aromatic N) is 2. The molecule has 4 heteroatoms. The maximum atomic E-state index is 12.8. The van der Waals surface area contributed by atoms with Gasteiger partial charge in [0.05, 0.1) is 5.69 Å². The van der Waals surface area contributed by atoms with Crippen molar-refractivity contribution >= 4 is 17.9 Å². The number of aromatic nitrogens is 2. The Labute approximate surface area is 97.6 Å². The van der Waals surface area contributed by atoms with Gasteiger partial charge in [0.15, 0.2) is 6.29 Å². The Hall–Kier alpha value is -2.36. The van der Waals surface area contributed by atoms with Crippen LogP contribution in [0.1, 0.15) is 11.3 Å². The van der Waals surface area contributed by atoms with Crippen molar-refractivity contribution in [1.29, 1.82) is 0 Å². The van der Waals surface area contributed by atoms with E-state index in [2.05, 4.69) is 10.2 Å². The molecule has 0 amide bonds. The molecule has 0 N–H and O–H groups in total. The summed E-state index contributed by atoms with van der Waals surface area (Å²) in [7, 11) is 0. The molecule has 0 spiro atoms. The second kappa shape index (κ2) is 5.12. The summed E-state index contributed by atoms with van der Waals surface area (Å²) in [6, 6.07) is 9.18. The topological polar surface area (TPSA) is 42.9 Å². The lowest BCUT2D eigenvalue weighted by atomic mass is 10.1. The molecule has 1 heterocycles. The van der Waals surface area contributed by atoms with Crippen LogP contribution in [-0.4, -0.2) is 16.5 Å². The van der Waals surface area contributed by atoms with Crippen molar-refractivity contribution in [3.8, 4) is 0 Å². The monoisotopic (exact) mass is 228 g/mol. The average Bonchev–Trinajstić information content (AvgIpc) is 2.38. The Morgan fingerprint density at radius 1 is 1.18 bits per heavy atom. The zero-order chi connectivity index (χ0) is 12.1. The predicted molar refractivity (Wildman–Crippen MR) is 62.4 cm³/mol. The van der Waals surface area contributed by atoms with Crippen molar-refractivity contribution in [3.05, 3.63) is 59.7 Å². The first-order valence-electron chi connectivity index (χ1n) is 5.00. The summed E-state index contributed by atoms with van der Waals surface area (Å²) in [5.41, 5.74) is 1.66. The summed E-state index contributed by atoms with van der Waals surface area (Å²) in [5, 5.41) is 7.56. The Morgan fingerprint density at radius 2 is 1.94 bits per heavy atom. The van der Waals surface area contributed by atoms with E-state index in [1.165, 1.54) is 12.1 Å². The van der Waals surface area contributed by atoms with Crippen LogP contribution >= 0.6 is 0 Å². The highest BCUT2D eigenvalue weighted by atomic mass is 19.1. The van der Waals surface area contributed by atoms with Crippen molar-refractivity contribution < 1.29 is 9.18 Å². The molecular weight excluding hydrogens is 219 g/mol. The first-order chi connectivity index (χ1) is 8.29. The van der Waals surface area contributed by atoms with Crippen molar-refractivity contribution in [3.63, 3.8) is 0 Å². The van der Waals surface area contributed by atoms with Crippen molar-refractivity contribution in [2.24, 2.45) is 0 Å². The van der Waals surface area contributed by atoms with Gasteiger partial charge in [-0.25, -0.2) is 4.39 Å². The van der Waals surface area contributed by atoms with Crippen LogP contribution in [0.3, 0.4) is 0 Å². The number of aldehydes is 1. The van der Waals surface area contributed by atoms with Crippen LogP contribution in [0.15, 0.2) is 42.6 Å². The SMILES string of the molecule is O=CC(=Cc1cccnn1)c1ccc(F)cc1. The molecule has 0 saturated heterocycles. The highest BCUT2D eigenvalue weighted by Gasteiger charge is 2.01. The maximum absolute atomic E-state index is 12.8. The molecule has 0 atom stereocenters. The zero-order valence-corrected chi connectivity index (χ0v) is 8.88. The van der Waals surface area contributed by atoms with Gasteiger partial charge in [-0.2, -0.15) is 10.2 Å². The number of hydrogen-bond donors (Lipinski definition) is 0. The van der Waals surface area contributed by atoms with E-state index >= 15 is 0 Å². The molecule has 0 fully saturated rings. The number of carbonyl (C=O) groups excluding carboxylic acids is 1. The van der Waals surface area contributed by atoms with Crippen LogP contribution in [0, 0.1) is 5.82 Å². The van der Waals surface area contributed by atoms with Gasteiger partial charge in [-0.1, -0.05) is 12.1 Å². The third kappa shape index (κ3) is 2.81. The van der Waals surface area contributed by atoms with Crippen LogP contribution < -0.4 is 0 Å². The Bertz CT molecular complexity index is 535. The van der Waals surface area contributed by atoms with Crippen LogP contribution in [0.2, 0.25) is 0 Å². The molecule has 0 aliphatic heterocycles. The van der Waals surface area contributed by atoms with Crippen molar-refractivity contribution in [2.45, 2.75) is 0 Å². The van der Waals surface area contributed by atoms with E-state index in [9.17, 15) is 9.18 Å². The number of rotatable bonds is 3. The molecule has 0 unspecified atom stereocenters. The number of benzene rings is 1. The second-order valence-electron chi connectivity index (χ2n) is 3.37. The molecule has 0 aliphatic carbocycles. The summed E-state index contributed by atoms with van der Waals surface area (Å²) >= 11 is 0. The fourth-order valence-corrected chi connectivity index (χ4v) is 1.38. The Morgan fingerprint density at radius 3 is 2.53 bits per heavy atom. The molecule has 2 rings (SSSR count). The lowest BCUT2D eigenvalue weighted by molar-refractivity contribution is -0.103. The van der Waals surface area contributed by atoms with Crippen molar-refractivity contribution in [2.75, 3.05) is 0 Å². The highest BCUT2D eigenvalue weighted by Crippen LogP contribution is 2.15. The van der Waals surface area contributed by atoms with E-state index < -0.39 is 0 Å². The van der Waals surface area contributed by atoms with Crippen molar-refractivity contribution in [1.82, 2.24) is 10.2 Å². The number of hydrogen-bond acceptors (Lipinski definition) is 3. The standard InChI is InChI=1S/C13H9FN2O/c14-12-5-3-10(4-6-12)11(9-17)8-13-2-1-7-15-16-13/h1-9H. The minimum absolute atomic E-state index is 0.335. The van der Waals surface area contributed by atoms with Crippen LogP contribution in [0.5, 0.6) is 0 Å². The average molecular weight is 228 g/mol. The van der Waals surface area contributed by atoms with Crippen LogP contribution in [0.25, 0.3) is 11.6 Å². The molecular formula is C13H9FN2O. The third-order valence-electron chi connectivity index (χ3n) is 2.20. The summed E-state index contributed by atoms with van der Waals surface area (Å²) < 4.78 is 12.8. The smallest absolute Gasteiger partial charge is 0.150 e. The molecule has 3 nitrogen and oxygen atoms in total. The van der Waals surface area contributed by atoms with E-state index in [0.717, 1.165) is 0 Å². The van der Waals surface area contributed by atoms with Gasteiger partial charge in [0.25, 0.3) is 0 Å². The number of allylic oxidation sites excluding steroid dienone is 1. The molecule has 17 heavy (non-hydrogen) atoms. The highest BCUT2D eigenvalue weighted by molar-refractivity contribution is 6.13. The molecule has 1 aromatic heterocycles. The predicted octanol–water partition coefficient (Wildman–Crippen LogP) is 2.36. The van der Waals surface area contributed by atoms with Gasteiger partial charge in [-0.15, -0.1) is 0 Å². The van der Waals surface area contributed by atoms with Gasteiger partial charge >= 0.3 is 0 Å². The minimum atomic E-state index is -0.335. The lowest BCUT2D eigenvalue weighted by Gasteiger charge is -1.99. The van der Waals surface area contributed by atoms with Crippen LogP contribution in [-0.2, 0) is 4.79 Å². The van der Waals surface area contributed by atoms with Gasteiger partial charge in [0.1, 0.15) is 5.82 Å². The molecule has 1 aromatic carbocycles.